The number of para-hydroxylation sites is 1. The number of benzene rings is 2. The van der Waals surface area contributed by atoms with Crippen molar-refractivity contribution in [2.24, 2.45) is 5.92 Å². The minimum atomic E-state index is 0.0154. The summed E-state index contributed by atoms with van der Waals surface area (Å²) in [6.07, 6.45) is 9.77. The third-order valence-corrected chi connectivity index (χ3v) is 5.79. The van der Waals surface area contributed by atoms with E-state index in [9.17, 15) is 4.79 Å². The maximum Gasteiger partial charge on any atom is 0.224 e. The maximum atomic E-state index is 12.3. The predicted octanol–water partition coefficient (Wildman–Crippen LogP) is 5.80. The van der Waals surface area contributed by atoms with E-state index in [2.05, 4.69) is 39.9 Å². The Morgan fingerprint density at radius 1 is 0.966 bits per heavy atom. The third-order valence-electron chi connectivity index (χ3n) is 5.79. The summed E-state index contributed by atoms with van der Waals surface area (Å²) >= 11 is 0. The molecule has 1 amide bonds. The molecule has 0 radical (unpaired) electrons. The van der Waals surface area contributed by atoms with Gasteiger partial charge in [-0.15, -0.1) is 0 Å². The van der Waals surface area contributed by atoms with Crippen molar-refractivity contribution in [3.63, 3.8) is 0 Å². The molecule has 2 aromatic carbocycles. The summed E-state index contributed by atoms with van der Waals surface area (Å²) in [6.45, 7) is 1.07. The highest BCUT2D eigenvalue weighted by molar-refractivity contribution is 5.93. The molecule has 0 spiro atoms. The molecular formula is C25H29N3O. The maximum absolute atomic E-state index is 12.3. The van der Waals surface area contributed by atoms with Crippen molar-refractivity contribution >= 4 is 28.2 Å². The zero-order valence-corrected chi connectivity index (χ0v) is 16.9. The second-order valence-electron chi connectivity index (χ2n) is 8.05. The SMILES string of the molecule is O=C(CCc1ccc(NCC2CCCCC2)cc1)Nc1cnc2ccccc2c1. The number of nitrogens with zero attached hydrogens (tertiary/aromatic N) is 1. The van der Waals surface area contributed by atoms with Crippen LogP contribution in [0.2, 0.25) is 0 Å². The molecule has 1 heterocycles. The fourth-order valence-corrected chi connectivity index (χ4v) is 4.06. The van der Waals surface area contributed by atoms with Crippen LogP contribution in [0.4, 0.5) is 11.4 Å². The molecule has 0 atom stereocenters. The number of rotatable bonds is 7. The summed E-state index contributed by atoms with van der Waals surface area (Å²) in [7, 11) is 0. The lowest BCUT2D eigenvalue weighted by Crippen LogP contribution is -2.17. The molecule has 2 N–H and O–H groups in total. The molecule has 4 rings (SSSR count). The second kappa shape index (κ2) is 9.55. The largest absolute Gasteiger partial charge is 0.385 e. The van der Waals surface area contributed by atoms with Gasteiger partial charge in [0.2, 0.25) is 5.91 Å². The highest BCUT2D eigenvalue weighted by Gasteiger charge is 2.12. The van der Waals surface area contributed by atoms with Crippen LogP contribution in [0.5, 0.6) is 0 Å². The lowest BCUT2D eigenvalue weighted by atomic mass is 9.89. The van der Waals surface area contributed by atoms with E-state index in [0.717, 1.165) is 35.5 Å². The van der Waals surface area contributed by atoms with E-state index in [1.807, 2.05) is 30.3 Å². The lowest BCUT2D eigenvalue weighted by molar-refractivity contribution is -0.116. The number of nitrogens with one attached hydrogen (secondary N) is 2. The van der Waals surface area contributed by atoms with E-state index < -0.39 is 0 Å². The highest BCUT2D eigenvalue weighted by atomic mass is 16.1. The Morgan fingerprint density at radius 3 is 2.59 bits per heavy atom. The molecule has 0 saturated heterocycles. The topological polar surface area (TPSA) is 54.0 Å². The van der Waals surface area contributed by atoms with Gasteiger partial charge in [0.1, 0.15) is 0 Å². The first kappa shape index (κ1) is 19.4. The molecule has 1 aliphatic carbocycles. The number of fused-ring (bicyclic) bond motifs is 1. The summed E-state index contributed by atoms with van der Waals surface area (Å²) in [6, 6.07) is 18.4. The zero-order chi connectivity index (χ0) is 19.9. The van der Waals surface area contributed by atoms with Crippen LogP contribution in [0.3, 0.4) is 0 Å². The van der Waals surface area contributed by atoms with Gasteiger partial charge in [-0.2, -0.15) is 0 Å². The molecule has 0 bridgehead atoms. The van der Waals surface area contributed by atoms with Crippen molar-refractivity contribution in [3.05, 3.63) is 66.4 Å². The van der Waals surface area contributed by atoms with Crippen LogP contribution in [-0.2, 0) is 11.2 Å². The second-order valence-corrected chi connectivity index (χ2v) is 8.05. The highest BCUT2D eigenvalue weighted by Crippen LogP contribution is 2.24. The normalized spacial score (nSPS) is 14.6. The van der Waals surface area contributed by atoms with Gasteiger partial charge in [-0.25, -0.2) is 0 Å². The van der Waals surface area contributed by atoms with Crippen LogP contribution < -0.4 is 10.6 Å². The summed E-state index contributed by atoms with van der Waals surface area (Å²) in [5.74, 6) is 0.832. The van der Waals surface area contributed by atoms with E-state index in [1.54, 1.807) is 6.20 Å². The van der Waals surface area contributed by atoms with E-state index >= 15 is 0 Å². The quantitative estimate of drug-likeness (QED) is 0.539. The summed E-state index contributed by atoms with van der Waals surface area (Å²) in [5.41, 5.74) is 4.03. The molecule has 29 heavy (non-hydrogen) atoms. The van der Waals surface area contributed by atoms with Gasteiger partial charge in [-0.05, 0) is 55.0 Å². The summed E-state index contributed by atoms with van der Waals surface area (Å²) in [5, 5.41) is 7.56. The fourth-order valence-electron chi connectivity index (χ4n) is 4.06. The smallest absolute Gasteiger partial charge is 0.224 e. The van der Waals surface area contributed by atoms with Crippen LogP contribution in [-0.4, -0.2) is 17.4 Å². The van der Waals surface area contributed by atoms with Crippen LogP contribution in [0.1, 0.15) is 44.1 Å². The van der Waals surface area contributed by atoms with Crippen LogP contribution in [0.15, 0.2) is 60.8 Å². The molecule has 1 aromatic heterocycles. The number of carbonyl (C=O) groups excluding carboxylic acids is 1. The van der Waals surface area contributed by atoms with Crippen LogP contribution in [0, 0.1) is 5.92 Å². The molecular weight excluding hydrogens is 358 g/mol. The number of aryl methyl sites for hydroxylation is 1. The Balaban J connectivity index is 1.24. The van der Waals surface area contributed by atoms with Crippen LogP contribution in [0.25, 0.3) is 10.9 Å². The van der Waals surface area contributed by atoms with Crippen molar-refractivity contribution in [1.29, 1.82) is 0 Å². The first-order chi connectivity index (χ1) is 14.3. The van der Waals surface area contributed by atoms with Crippen molar-refractivity contribution in [3.8, 4) is 0 Å². The van der Waals surface area contributed by atoms with Gasteiger partial charge >= 0.3 is 0 Å². The predicted molar refractivity (Wildman–Crippen MR) is 120 cm³/mol. The Hall–Kier alpha value is -2.88. The zero-order valence-electron chi connectivity index (χ0n) is 16.9. The average Bonchev–Trinajstić information content (AvgIpc) is 2.77. The fraction of sp³-hybridized carbons (Fsp3) is 0.360. The van der Waals surface area contributed by atoms with E-state index in [4.69, 9.17) is 0 Å². The van der Waals surface area contributed by atoms with Gasteiger partial charge in [0.15, 0.2) is 0 Å². The third kappa shape index (κ3) is 5.57. The molecule has 0 unspecified atom stereocenters. The minimum absolute atomic E-state index is 0.0154. The molecule has 0 aliphatic heterocycles. The number of amides is 1. The number of anilines is 2. The molecule has 1 fully saturated rings. The van der Waals surface area contributed by atoms with E-state index in [1.165, 1.54) is 43.4 Å². The number of hydrogen-bond acceptors (Lipinski definition) is 3. The number of pyridine rings is 1. The Bertz CT molecular complexity index is 946. The van der Waals surface area contributed by atoms with Gasteiger partial charge in [0, 0.05) is 24.0 Å². The van der Waals surface area contributed by atoms with Gasteiger partial charge in [0.05, 0.1) is 17.4 Å². The molecule has 4 heteroatoms. The van der Waals surface area contributed by atoms with Crippen molar-refractivity contribution < 1.29 is 4.79 Å². The lowest BCUT2D eigenvalue weighted by Gasteiger charge is -2.22. The van der Waals surface area contributed by atoms with Gasteiger partial charge in [-0.3, -0.25) is 9.78 Å². The van der Waals surface area contributed by atoms with E-state index in [-0.39, 0.29) is 5.91 Å². The molecule has 1 saturated carbocycles. The van der Waals surface area contributed by atoms with Crippen molar-refractivity contribution in [2.75, 3.05) is 17.2 Å². The molecule has 1 aliphatic rings. The average molecular weight is 388 g/mol. The standard InChI is InChI=1S/C25H29N3O/c29-25(28-23-16-21-8-4-5-9-24(21)27-18-23)15-12-19-10-13-22(14-11-19)26-17-20-6-2-1-3-7-20/h4-5,8-11,13-14,16,18,20,26H,1-3,6-7,12,15,17H2,(H,28,29). The van der Waals surface area contributed by atoms with Crippen LogP contribution >= 0.6 is 0 Å². The molecule has 3 aromatic rings. The summed E-state index contributed by atoms with van der Waals surface area (Å²) in [4.78, 5) is 16.7. The number of hydrogen-bond donors (Lipinski definition) is 2. The summed E-state index contributed by atoms with van der Waals surface area (Å²) < 4.78 is 0. The van der Waals surface area contributed by atoms with E-state index in [0.29, 0.717) is 6.42 Å². The first-order valence-corrected chi connectivity index (χ1v) is 10.7. The molecule has 150 valence electrons. The number of aromatic nitrogens is 1. The number of carbonyl (C=O) groups is 1. The van der Waals surface area contributed by atoms with Crippen molar-refractivity contribution in [1.82, 2.24) is 4.98 Å². The first-order valence-electron chi connectivity index (χ1n) is 10.7. The van der Waals surface area contributed by atoms with Gasteiger partial charge < -0.3 is 10.6 Å². The van der Waals surface area contributed by atoms with Gasteiger partial charge in [0.25, 0.3) is 0 Å². The molecule has 4 nitrogen and oxygen atoms in total. The van der Waals surface area contributed by atoms with Crippen molar-refractivity contribution in [2.45, 2.75) is 44.9 Å². The van der Waals surface area contributed by atoms with Gasteiger partial charge in [-0.1, -0.05) is 49.6 Å². The minimum Gasteiger partial charge on any atom is -0.385 e. The Labute approximate surface area is 172 Å². The Morgan fingerprint density at radius 2 is 1.76 bits per heavy atom. The monoisotopic (exact) mass is 387 g/mol. The Kier molecular flexibility index (Phi) is 6.40.